The Hall–Kier alpha value is -1.86. The second kappa shape index (κ2) is 19.6. The molecule has 0 unspecified atom stereocenters. The average molecular weight is 448 g/mol. The van der Waals surface area contributed by atoms with E-state index in [0.29, 0.717) is 0 Å². The number of nitrogens with zero attached hydrogens (tertiary/aromatic N) is 1. The Labute approximate surface area is 205 Å². The van der Waals surface area contributed by atoms with E-state index in [2.05, 4.69) is 84.6 Å². The summed E-state index contributed by atoms with van der Waals surface area (Å²) in [6.45, 7) is 5.49. The number of hydrogen-bond donors (Lipinski definition) is 0. The number of benzene rings is 2. The van der Waals surface area contributed by atoms with Gasteiger partial charge < -0.3 is 0 Å². The monoisotopic (exact) mass is 447 g/mol. The summed E-state index contributed by atoms with van der Waals surface area (Å²) in [6.07, 6.45) is 24.2. The maximum atomic E-state index is 2.59. The normalized spacial score (nSPS) is 11.6. The van der Waals surface area contributed by atoms with Crippen LogP contribution >= 0.6 is 0 Å². The van der Waals surface area contributed by atoms with Crippen molar-refractivity contribution in [1.82, 2.24) is 4.90 Å². The summed E-state index contributed by atoms with van der Waals surface area (Å²) in [6, 6.07) is 21.8. The van der Waals surface area contributed by atoms with E-state index in [1.54, 1.807) is 0 Å². The van der Waals surface area contributed by atoms with Crippen molar-refractivity contribution in [3.63, 3.8) is 0 Å². The van der Waals surface area contributed by atoms with Crippen LogP contribution in [0.5, 0.6) is 0 Å². The van der Waals surface area contributed by atoms with Crippen LogP contribution in [0.25, 0.3) is 0 Å². The van der Waals surface area contributed by atoms with Crippen molar-refractivity contribution in [2.45, 2.75) is 110 Å². The third-order valence-corrected chi connectivity index (χ3v) is 6.48. The molecule has 0 atom stereocenters. The van der Waals surface area contributed by atoms with Gasteiger partial charge in [-0.1, -0.05) is 144 Å². The van der Waals surface area contributed by atoms with Gasteiger partial charge in [0.15, 0.2) is 0 Å². The van der Waals surface area contributed by atoms with Crippen LogP contribution in [-0.4, -0.2) is 11.4 Å². The van der Waals surface area contributed by atoms with Gasteiger partial charge in [-0.3, -0.25) is 4.90 Å². The summed E-state index contributed by atoms with van der Waals surface area (Å²) in [5, 5.41) is 0. The molecule has 0 radical (unpaired) electrons. The van der Waals surface area contributed by atoms with Crippen LogP contribution in [0.4, 0.5) is 0 Å². The van der Waals surface area contributed by atoms with Gasteiger partial charge in [-0.15, -0.1) is 0 Å². The van der Waals surface area contributed by atoms with E-state index in [9.17, 15) is 0 Å². The van der Waals surface area contributed by atoms with E-state index < -0.39 is 0 Å². The van der Waals surface area contributed by atoms with Gasteiger partial charge in [-0.2, -0.15) is 0 Å². The van der Waals surface area contributed by atoms with E-state index >= 15 is 0 Å². The maximum absolute atomic E-state index is 2.59. The molecule has 2 rings (SSSR count). The van der Waals surface area contributed by atoms with Gasteiger partial charge in [0.25, 0.3) is 0 Å². The topological polar surface area (TPSA) is 3.24 Å². The molecule has 2 aromatic rings. The first-order valence-corrected chi connectivity index (χ1v) is 13.8. The van der Waals surface area contributed by atoms with E-state index in [4.69, 9.17) is 0 Å². The number of unbranched alkanes of at least 4 members (excludes halogenated alkanes) is 12. The highest BCUT2D eigenvalue weighted by molar-refractivity contribution is 5.17. The molecule has 1 nitrogen and oxygen atoms in total. The first kappa shape index (κ1) is 27.4. The van der Waals surface area contributed by atoms with Crippen LogP contribution in [0, 0.1) is 0 Å². The van der Waals surface area contributed by atoms with Crippen molar-refractivity contribution >= 4 is 0 Å². The van der Waals surface area contributed by atoms with Gasteiger partial charge in [0.2, 0.25) is 0 Å². The zero-order valence-electron chi connectivity index (χ0n) is 21.4. The number of hydrogen-bond acceptors (Lipinski definition) is 1. The predicted octanol–water partition coefficient (Wildman–Crippen LogP) is 9.73. The third-order valence-electron chi connectivity index (χ3n) is 6.48. The SMILES string of the molecule is CCCCCCCCCCCCC/C=C/CCCN(Cc1ccccc1)Cc1ccccc1. The number of rotatable bonds is 20. The van der Waals surface area contributed by atoms with Crippen LogP contribution in [-0.2, 0) is 13.1 Å². The summed E-state index contributed by atoms with van der Waals surface area (Å²) < 4.78 is 0. The molecule has 33 heavy (non-hydrogen) atoms. The second-order valence-corrected chi connectivity index (χ2v) is 9.62. The van der Waals surface area contributed by atoms with Gasteiger partial charge in [0.05, 0.1) is 0 Å². The summed E-state index contributed by atoms with van der Waals surface area (Å²) in [7, 11) is 0. The molecule has 0 saturated carbocycles. The first-order chi connectivity index (χ1) is 16.4. The van der Waals surface area contributed by atoms with E-state index in [1.165, 1.54) is 101 Å². The van der Waals surface area contributed by atoms with Crippen LogP contribution in [0.3, 0.4) is 0 Å². The van der Waals surface area contributed by atoms with Crippen molar-refractivity contribution < 1.29 is 0 Å². The zero-order chi connectivity index (χ0) is 23.2. The molecular formula is C32H49N. The summed E-state index contributed by atoms with van der Waals surface area (Å²) >= 11 is 0. The minimum absolute atomic E-state index is 1.03. The lowest BCUT2D eigenvalue weighted by atomic mass is 10.1. The molecule has 0 amide bonds. The summed E-state index contributed by atoms with van der Waals surface area (Å²) in [5.74, 6) is 0. The molecule has 0 aromatic heterocycles. The van der Waals surface area contributed by atoms with E-state index in [-0.39, 0.29) is 0 Å². The van der Waals surface area contributed by atoms with Crippen molar-refractivity contribution in [2.24, 2.45) is 0 Å². The Balaban J connectivity index is 1.52. The van der Waals surface area contributed by atoms with Crippen LogP contribution in [0.1, 0.15) is 108 Å². The van der Waals surface area contributed by atoms with Gasteiger partial charge in [-0.25, -0.2) is 0 Å². The Bertz CT molecular complexity index is 649. The zero-order valence-corrected chi connectivity index (χ0v) is 21.4. The van der Waals surface area contributed by atoms with Crippen molar-refractivity contribution in [2.75, 3.05) is 6.54 Å². The number of allylic oxidation sites excluding steroid dienone is 2. The lowest BCUT2D eigenvalue weighted by Gasteiger charge is -2.22. The van der Waals surface area contributed by atoms with Gasteiger partial charge >= 0.3 is 0 Å². The fourth-order valence-electron chi connectivity index (χ4n) is 4.49. The summed E-state index contributed by atoms with van der Waals surface area (Å²) in [4.78, 5) is 2.59. The molecule has 0 fully saturated rings. The highest BCUT2D eigenvalue weighted by Crippen LogP contribution is 2.13. The molecule has 0 heterocycles. The van der Waals surface area contributed by atoms with E-state index in [0.717, 1.165) is 19.6 Å². The lowest BCUT2D eigenvalue weighted by molar-refractivity contribution is 0.254. The van der Waals surface area contributed by atoms with Gasteiger partial charge in [0.1, 0.15) is 0 Å². The molecule has 0 aliphatic carbocycles. The standard InChI is InChI=1S/C32H49N/c1-2-3-4-5-6-7-8-9-10-11-12-13-14-15-16-23-28-33(29-31-24-19-17-20-25-31)30-32-26-21-18-22-27-32/h14-15,17-22,24-27H,2-13,16,23,28-30H2,1H3/b15-14+. The molecule has 0 aliphatic heterocycles. The smallest absolute Gasteiger partial charge is 0.0237 e. The predicted molar refractivity (Wildman–Crippen MR) is 146 cm³/mol. The quantitative estimate of drug-likeness (QED) is 0.144. The van der Waals surface area contributed by atoms with Crippen molar-refractivity contribution in [3.8, 4) is 0 Å². The molecular weight excluding hydrogens is 398 g/mol. The fourth-order valence-corrected chi connectivity index (χ4v) is 4.49. The molecule has 2 aromatic carbocycles. The maximum Gasteiger partial charge on any atom is 0.0237 e. The van der Waals surface area contributed by atoms with Crippen LogP contribution < -0.4 is 0 Å². The average Bonchev–Trinajstić information content (AvgIpc) is 2.85. The minimum atomic E-state index is 1.03. The van der Waals surface area contributed by atoms with E-state index in [1.807, 2.05) is 0 Å². The van der Waals surface area contributed by atoms with Crippen molar-refractivity contribution in [1.29, 1.82) is 0 Å². The van der Waals surface area contributed by atoms with Crippen LogP contribution in [0.2, 0.25) is 0 Å². The third kappa shape index (κ3) is 14.8. The highest BCUT2D eigenvalue weighted by atomic mass is 15.1. The van der Waals surface area contributed by atoms with Gasteiger partial charge in [0, 0.05) is 13.1 Å². The summed E-state index contributed by atoms with van der Waals surface area (Å²) in [5.41, 5.74) is 2.81. The van der Waals surface area contributed by atoms with Crippen LogP contribution in [0.15, 0.2) is 72.8 Å². The molecule has 0 aliphatic rings. The second-order valence-electron chi connectivity index (χ2n) is 9.62. The molecule has 0 spiro atoms. The molecule has 0 saturated heterocycles. The van der Waals surface area contributed by atoms with Gasteiger partial charge in [-0.05, 0) is 43.4 Å². The Morgan fingerprint density at radius 2 is 0.939 bits per heavy atom. The lowest BCUT2D eigenvalue weighted by Crippen LogP contribution is -2.24. The minimum Gasteiger partial charge on any atom is -0.295 e. The fraction of sp³-hybridized carbons (Fsp3) is 0.562. The molecule has 1 heteroatoms. The Morgan fingerprint density at radius 3 is 1.42 bits per heavy atom. The first-order valence-electron chi connectivity index (χ1n) is 13.8. The molecule has 0 bridgehead atoms. The Kier molecular flexibility index (Phi) is 16.3. The molecule has 182 valence electrons. The Morgan fingerprint density at radius 1 is 0.515 bits per heavy atom. The largest absolute Gasteiger partial charge is 0.295 e. The highest BCUT2D eigenvalue weighted by Gasteiger charge is 2.06. The van der Waals surface area contributed by atoms with Crippen molar-refractivity contribution in [3.05, 3.63) is 83.9 Å². The molecule has 0 N–H and O–H groups in total.